The van der Waals surface area contributed by atoms with E-state index in [4.69, 9.17) is 10.6 Å². The van der Waals surface area contributed by atoms with E-state index in [1.54, 1.807) is 7.11 Å². The standard InChI is InChI=1S/C12H21N5O/c1-9-4-3-5-17(7-9)12-6-10(16-13)14-11(15-12)8-18-2/h6,9H,3-5,7-8,13H2,1-2H3,(H,14,15,16). The van der Waals surface area contributed by atoms with Crippen molar-refractivity contribution in [2.45, 2.75) is 26.4 Å². The third-order valence-electron chi connectivity index (χ3n) is 3.16. The normalized spacial score (nSPS) is 19.9. The van der Waals surface area contributed by atoms with Gasteiger partial charge in [-0.2, -0.15) is 0 Å². The molecule has 1 aromatic rings. The molecule has 0 aliphatic carbocycles. The summed E-state index contributed by atoms with van der Waals surface area (Å²) in [7, 11) is 1.63. The number of hydrazine groups is 1. The molecule has 0 saturated carbocycles. The van der Waals surface area contributed by atoms with Gasteiger partial charge in [0, 0.05) is 26.3 Å². The summed E-state index contributed by atoms with van der Waals surface area (Å²) in [5.74, 6) is 8.35. The van der Waals surface area contributed by atoms with Crippen molar-refractivity contribution < 1.29 is 4.74 Å². The van der Waals surface area contributed by atoms with Crippen molar-refractivity contribution in [3.05, 3.63) is 11.9 Å². The second-order valence-electron chi connectivity index (χ2n) is 4.80. The molecule has 2 heterocycles. The number of aromatic nitrogens is 2. The van der Waals surface area contributed by atoms with Gasteiger partial charge in [-0.05, 0) is 18.8 Å². The molecule has 6 nitrogen and oxygen atoms in total. The lowest BCUT2D eigenvalue weighted by atomic mass is 10.0. The number of anilines is 2. The van der Waals surface area contributed by atoms with Crippen molar-refractivity contribution in [1.29, 1.82) is 0 Å². The summed E-state index contributed by atoms with van der Waals surface area (Å²) in [5.41, 5.74) is 2.58. The van der Waals surface area contributed by atoms with Crippen molar-refractivity contribution >= 4 is 11.6 Å². The minimum absolute atomic E-state index is 0.395. The monoisotopic (exact) mass is 251 g/mol. The Balaban J connectivity index is 2.22. The van der Waals surface area contributed by atoms with Gasteiger partial charge in [-0.3, -0.25) is 0 Å². The summed E-state index contributed by atoms with van der Waals surface area (Å²) in [6, 6.07) is 1.89. The zero-order valence-electron chi connectivity index (χ0n) is 11.0. The van der Waals surface area contributed by atoms with Crippen LogP contribution < -0.4 is 16.2 Å². The summed E-state index contributed by atoms with van der Waals surface area (Å²) < 4.78 is 5.08. The average Bonchev–Trinajstić information content (AvgIpc) is 2.39. The number of rotatable bonds is 4. The summed E-state index contributed by atoms with van der Waals surface area (Å²) in [4.78, 5) is 11.1. The molecule has 0 spiro atoms. The fourth-order valence-corrected chi connectivity index (χ4v) is 2.31. The Morgan fingerprint density at radius 1 is 1.56 bits per heavy atom. The highest BCUT2D eigenvalue weighted by Gasteiger charge is 2.18. The quantitative estimate of drug-likeness (QED) is 0.617. The van der Waals surface area contributed by atoms with Gasteiger partial charge in [0.15, 0.2) is 5.82 Å². The molecule has 1 unspecified atom stereocenters. The number of piperidine rings is 1. The molecule has 100 valence electrons. The molecular formula is C12H21N5O. The lowest BCUT2D eigenvalue weighted by molar-refractivity contribution is 0.178. The van der Waals surface area contributed by atoms with Crippen LogP contribution in [0.5, 0.6) is 0 Å². The molecule has 1 saturated heterocycles. The van der Waals surface area contributed by atoms with Gasteiger partial charge >= 0.3 is 0 Å². The lowest BCUT2D eigenvalue weighted by Crippen LogP contribution is -2.35. The van der Waals surface area contributed by atoms with E-state index in [2.05, 4.69) is 27.2 Å². The second kappa shape index (κ2) is 5.97. The van der Waals surface area contributed by atoms with Crippen LogP contribution >= 0.6 is 0 Å². The first-order valence-corrected chi connectivity index (χ1v) is 6.31. The van der Waals surface area contributed by atoms with Crippen LogP contribution in [0.25, 0.3) is 0 Å². The van der Waals surface area contributed by atoms with Crippen molar-refractivity contribution in [2.75, 3.05) is 30.5 Å². The summed E-state index contributed by atoms with van der Waals surface area (Å²) in [5, 5.41) is 0. The minimum atomic E-state index is 0.395. The molecule has 1 fully saturated rings. The predicted molar refractivity (Wildman–Crippen MR) is 71.2 cm³/mol. The second-order valence-corrected chi connectivity index (χ2v) is 4.80. The van der Waals surface area contributed by atoms with Crippen LogP contribution in [0.3, 0.4) is 0 Å². The SMILES string of the molecule is COCc1nc(NN)cc(N2CCCC(C)C2)n1. The van der Waals surface area contributed by atoms with Crippen molar-refractivity contribution in [3.63, 3.8) is 0 Å². The van der Waals surface area contributed by atoms with Gasteiger partial charge in [0.25, 0.3) is 0 Å². The average molecular weight is 251 g/mol. The molecule has 1 atom stereocenters. The third-order valence-corrected chi connectivity index (χ3v) is 3.16. The summed E-state index contributed by atoms with van der Waals surface area (Å²) in [6.45, 7) is 4.74. The van der Waals surface area contributed by atoms with E-state index in [-0.39, 0.29) is 0 Å². The molecule has 1 aromatic heterocycles. The highest BCUT2D eigenvalue weighted by Crippen LogP contribution is 2.23. The maximum absolute atomic E-state index is 5.44. The number of hydrogen-bond acceptors (Lipinski definition) is 6. The number of hydrogen-bond donors (Lipinski definition) is 2. The highest BCUT2D eigenvalue weighted by molar-refractivity contribution is 5.49. The van der Waals surface area contributed by atoms with Gasteiger partial charge in [-0.1, -0.05) is 6.92 Å². The van der Waals surface area contributed by atoms with E-state index >= 15 is 0 Å². The number of nitrogens with zero attached hydrogens (tertiary/aromatic N) is 3. The third kappa shape index (κ3) is 3.08. The fourth-order valence-electron chi connectivity index (χ4n) is 2.31. The van der Waals surface area contributed by atoms with E-state index in [0.29, 0.717) is 24.2 Å². The Hall–Kier alpha value is -1.40. The molecule has 0 amide bonds. The Morgan fingerprint density at radius 2 is 2.39 bits per heavy atom. The Bertz CT molecular complexity index is 398. The summed E-state index contributed by atoms with van der Waals surface area (Å²) >= 11 is 0. The molecule has 1 aliphatic rings. The van der Waals surface area contributed by atoms with Crippen LogP contribution in [-0.2, 0) is 11.3 Å². The highest BCUT2D eigenvalue weighted by atomic mass is 16.5. The number of methoxy groups -OCH3 is 1. The van der Waals surface area contributed by atoms with Crippen LogP contribution in [-0.4, -0.2) is 30.2 Å². The van der Waals surface area contributed by atoms with Crippen molar-refractivity contribution in [3.8, 4) is 0 Å². The lowest BCUT2D eigenvalue weighted by Gasteiger charge is -2.32. The van der Waals surface area contributed by atoms with Gasteiger partial charge in [0.1, 0.15) is 18.2 Å². The first-order valence-electron chi connectivity index (χ1n) is 6.31. The molecule has 1 aliphatic heterocycles. The first kappa shape index (κ1) is 13.0. The topological polar surface area (TPSA) is 76.3 Å². The smallest absolute Gasteiger partial charge is 0.158 e. The summed E-state index contributed by atoms with van der Waals surface area (Å²) in [6.07, 6.45) is 2.49. The molecule has 0 aromatic carbocycles. The van der Waals surface area contributed by atoms with Gasteiger partial charge in [0.05, 0.1) is 0 Å². The van der Waals surface area contributed by atoms with Crippen LogP contribution in [0.4, 0.5) is 11.6 Å². The molecule has 3 N–H and O–H groups in total. The Morgan fingerprint density at radius 3 is 3.06 bits per heavy atom. The maximum atomic E-state index is 5.44. The number of nitrogen functional groups attached to an aromatic ring is 1. The maximum Gasteiger partial charge on any atom is 0.158 e. The minimum Gasteiger partial charge on any atom is -0.377 e. The Labute approximate surface area is 108 Å². The fraction of sp³-hybridized carbons (Fsp3) is 0.667. The zero-order valence-corrected chi connectivity index (χ0v) is 11.0. The van der Waals surface area contributed by atoms with E-state index in [1.165, 1.54) is 12.8 Å². The van der Waals surface area contributed by atoms with Crippen LogP contribution in [0.2, 0.25) is 0 Å². The van der Waals surface area contributed by atoms with E-state index < -0.39 is 0 Å². The van der Waals surface area contributed by atoms with Crippen LogP contribution in [0, 0.1) is 5.92 Å². The zero-order chi connectivity index (χ0) is 13.0. The number of ether oxygens (including phenoxy) is 1. The molecule has 6 heteroatoms. The number of nitrogens with two attached hydrogens (primary N) is 1. The van der Waals surface area contributed by atoms with Crippen LogP contribution in [0.1, 0.15) is 25.6 Å². The largest absolute Gasteiger partial charge is 0.377 e. The van der Waals surface area contributed by atoms with Gasteiger partial charge in [0.2, 0.25) is 0 Å². The number of nitrogens with one attached hydrogen (secondary N) is 1. The molecular weight excluding hydrogens is 230 g/mol. The Kier molecular flexibility index (Phi) is 4.33. The molecule has 0 radical (unpaired) electrons. The molecule has 2 rings (SSSR count). The first-order chi connectivity index (χ1) is 8.72. The van der Waals surface area contributed by atoms with E-state index in [0.717, 1.165) is 18.9 Å². The molecule has 0 bridgehead atoms. The van der Waals surface area contributed by atoms with Gasteiger partial charge < -0.3 is 15.1 Å². The predicted octanol–water partition coefficient (Wildman–Crippen LogP) is 1.14. The van der Waals surface area contributed by atoms with Gasteiger partial charge in [-0.15, -0.1) is 0 Å². The van der Waals surface area contributed by atoms with Crippen molar-refractivity contribution in [2.24, 2.45) is 11.8 Å². The van der Waals surface area contributed by atoms with Crippen molar-refractivity contribution in [1.82, 2.24) is 9.97 Å². The molecule has 18 heavy (non-hydrogen) atoms. The van der Waals surface area contributed by atoms with Crippen LogP contribution in [0.15, 0.2) is 6.07 Å². The van der Waals surface area contributed by atoms with Gasteiger partial charge in [-0.25, -0.2) is 15.8 Å². The van der Waals surface area contributed by atoms with E-state index in [9.17, 15) is 0 Å². The van der Waals surface area contributed by atoms with E-state index in [1.807, 2.05) is 6.07 Å².